The molecule has 0 aliphatic rings. The number of hydrogen-bond donors (Lipinski definition) is 1. The molecule has 0 spiro atoms. The number of aromatic nitrogens is 1. The maximum absolute atomic E-state index is 10.8. The average molecular weight is 368 g/mol. The smallest absolute Gasteiger partial charge is 1.00 e. The van der Waals surface area contributed by atoms with Crippen LogP contribution in [-0.4, -0.2) is 22.2 Å². The Morgan fingerprint density at radius 2 is 1.76 bits per heavy atom. The van der Waals surface area contributed by atoms with Crippen molar-refractivity contribution in [3.05, 3.63) is 59.6 Å². The van der Waals surface area contributed by atoms with Gasteiger partial charge in [0, 0.05) is 16.5 Å². The molecule has 3 aromatic rings. The van der Waals surface area contributed by atoms with Crippen LogP contribution in [0.4, 0.5) is 0 Å². The summed E-state index contributed by atoms with van der Waals surface area (Å²) in [6.45, 7) is 1.47. The van der Waals surface area contributed by atoms with Gasteiger partial charge in [0.2, 0.25) is 5.88 Å². The second kappa shape index (κ2) is 8.54. The van der Waals surface area contributed by atoms with Crippen LogP contribution in [0.1, 0.15) is 8.35 Å². The van der Waals surface area contributed by atoms with Crippen LogP contribution in [0.15, 0.2) is 54.6 Å². The number of pyridine rings is 1. The fraction of sp³-hybridized carbons (Fsp3) is 0.111. The van der Waals surface area contributed by atoms with Crippen molar-refractivity contribution in [1.29, 1.82) is 0 Å². The Morgan fingerprint density at radius 1 is 1.12 bits per heavy atom. The van der Waals surface area contributed by atoms with E-state index in [1.807, 2.05) is 18.2 Å². The molecule has 0 unspecified atom stereocenters. The number of fused-ring (bicyclic) bond motifs is 1. The first kappa shape index (κ1) is 19.5. The van der Waals surface area contributed by atoms with Gasteiger partial charge in [-0.25, -0.2) is 9.78 Å². The fourth-order valence-electron chi connectivity index (χ4n) is 2.09. The summed E-state index contributed by atoms with van der Waals surface area (Å²) in [5, 5.41) is 10.4. The number of carboxylic acids is 1. The Morgan fingerprint density at radius 3 is 2.44 bits per heavy atom. The number of hydrogen-bond acceptors (Lipinski definition) is 4. The fourth-order valence-corrected chi connectivity index (χ4v) is 2.26. The third-order valence-corrected chi connectivity index (χ3v) is 3.57. The molecule has 5 nitrogen and oxygen atoms in total. The molecule has 0 amide bonds. The molecule has 0 aliphatic carbocycles. The van der Waals surface area contributed by atoms with E-state index in [-0.39, 0.29) is 31.0 Å². The standard InChI is InChI=1S/C18H14ClNO4.Na.H/c1-11(18(21)22)23-14-5-7-15(8-6-14)24-17-9-3-12-2-4-13(19)10-16(12)20-17;;/h2-11H,1H3,(H,21,22);;/q;+1;-1/t11-;;/m1../s1. The van der Waals surface area contributed by atoms with Gasteiger partial charge in [-0.2, -0.15) is 0 Å². The molecular weight excluding hydrogens is 353 g/mol. The Balaban J connectivity index is 0.00000169. The van der Waals surface area contributed by atoms with Crippen LogP contribution in [0.5, 0.6) is 17.4 Å². The van der Waals surface area contributed by atoms with Gasteiger partial charge in [0.25, 0.3) is 0 Å². The summed E-state index contributed by atoms with van der Waals surface area (Å²) in [6, 6.07) is 15.8. The average Bonchev–Trinajstić information content (AvgIpc) is 2.56. The Labute approximate surface area is 173 Å². The van der Waals surface area contributed by atoms with Crippen LogP contribution in [0, 0.1) is 0 Å². The predicted molar refractivity (Wildman–Crippen MR) is 92.1 cm³/mol. The molecule has 2 aromatic carbocycles. The molecule has 0 fully saturated rings. The molecule has 1 aromatic heterocycles. The van der Waals surface area contributed by atoms with Crippen molar-refractivity contribution in [3.63, 3.8) is 0 Å². The molecule has 7 heteroatoms. The van der Waals surface area contributed by atoms with Crippen LogP contribution < -0.4 is 39.0 Å². The molecule has 3 rings (SSSR count). The topological polar surface area (TPSA) is 68.7 Å². The molecule has 0 saturated carbocycles. The predicted octanol–water partition coefficient (Wildman–Crippen LogP) is 1.65. The normalized spacial score (nSPS) is 11.4. The van der Waals surface area contributed by atoms with Gasteiger partial charge in [-0.05, 0) is 49.4 Å². The summed E-state index contributed by atoms with van der Waals surface area (Å²) in [6.07, 6.45) is -0.913. The van der Waals surface area contributed by atoms with E-state index < -0.39 is 12.1 Å². The minimum Gasteiger partial charge on any atom is -1.00 e. The molecular formula is C18H15ClNNaO4. The summed E-state index contributed by atoms with van der Waals surface area (Å²) in [7, 11) is 0. The van der Waals surface area contributed by atoms with E-state index in [0.717, 1.165) is 10.9 Å². The SMILES string of the molecule is C[C@@H](Oc1ccc(Oc2ccc3ccc(Cl)cc3n2)cc1)C(=O)O.[H-].[Na+]. The third-order valence-electron chi connectivity index (χ3n) is 3.34. The molecule has 0 aliphatic heterocycles. The minimum absolute atomic E-state index is 0. The number of halogens is 1. The van der Waals surface area contributed by atoms with Crippen LogP contribution >= 0.6 is 11.6 Å². The second-order valence-corrected chi connectivity index (χ2v) is 5.59. The summed E-state index contributed by atoms with van der Waals surface area (Å²) in [5.41, 5.74) is 0.746. The number of benzene rings is 2. The maximum Gasteiger partial charge on any atom is 1.00 e. The van der Waals surface area contributed by atoms with E-state index >= 15 is 0 Å². The van der Waals surface area contributed by atoms with Crippen molar-refractivity contribution in [3.8, 4) is 17.4 Å². The number of aliphatic carboxylic acids is 1. The van der Waals surface area contributed by atoms with E-state index in [4.69, 9.17) is 26.2 Å². The summed E-state index contributed by atoms with van der Waals surface area (Å²) >= 11 is 5.98. The molecule has 0 saturated heterocycles. The zero-order chi connectivity index (χ0) is 17.1. The van der Waals surface area contributed by atoms with Crippen molar-refractivity contribution in [2.45, 2.75) is 13.0 Å². The Bertz CT molecular complexity index is 892. The zero-order valence-electron chi connectivity index (χ0n) is 14.8. The van der Waals surface area contributed by atoms with Crippen LogP contribution in [0.2, 0.25) is 5.02 Å². The van der Waals surface area contributed by atoms with E-state index in [2.05, 4.69) is 4.98 Å². The molecule has 1 heterocycles. The molecule has 124 valence electrons. The maximum atomic E-state index is 10.8. The van der Waals surface area contributed by atoms with Gasteiger partial charge in [0.15, 0.2) is 6.10 Å². The first-order valence-corrected chi connectivity index (χ1v) is 7.63. The second-order valence-electron chi connectivity index (χ2n) is 5.16. The number of carbonyl (C=O) groups is 1. The summed E-state index contributed by atoms with van der Waals surface area (Å²) < 4.78 is 11.0. The molecule has 1 atom stereocenters. The van der Waals surface area contributed by atoms with Gasteiger partial charge in [-0.15, -0.1) is 0 Å². The Kier molecular flexibility index (Phi) is 6.67. The van der Waals surface area contributed by atoms with Gasteiger partial charge in [-0.3, -0.25) is 0 Å². The van der Waals surface area contributed by atoms with Crippen LogP contribution in [0.3, 0.4) is 0 Å². The van der Waals surface area contributed by atoms with Gasteiger partial charge in [-0.1, -0.05) is 17.7 Å². The minimum atomic E-state index is -1.02. The van der Waals surface area contributed by atoms with Gasteiger partial charge >= 0.3 is 35.5 Å². The molecule has 25 heavy (non-hydrogen) atoms. The number of carboxylic acid groups (broad SMARTS) is 1. The molecule has 0 bridgehead atoms. The Hall–Kier alpha value is -1.79. The third kappa shape index (κ3) is 5.09. The zero-order valence-corrected chi connectivity index (χ0v) is 16.5. The van der Waals surface area contributed by atoms with E-state index in [0.29, 0.717) is 22.4 Å². The van der Waals surface area contributed by atoms with Crippen molar-refractivity contribution >= 4 is 28.5 Å². The summed E-state index contributed by atoms with van der Waals surface area (Å²) in [4.78, 5) is 15.2. The molecule has 0 radical (unpaired) electrons. The first-order valence-electron chi connectivity index (χ1n) is 7.25. The molecule has 1 N–H and O–H groups in total. The number of ether oxygens (including phenoxy) is 2. The van der Waals surface area contributed by atoms with E-state index in [1.54, 1.807) is 36.4 Å². The van der Waals surface area contributed by atoms with Crippen LogP contribution in [0.25, 0.3) is 10.9 Å². The van der Waals surface area contributed by atoms with Crippen molar-refractivity contribution < 1.29 is 50.4 Å². The van der Waals surface area contributed by atoms with E-state index in [1.165, 1.54) is 6.92 Å². The first-order chi connectivity index (χ1) is 11.5. The van der Waals surface area contributed by atoms with Gasteiger partial charge in [0.1, 0.15) is 11.5 Å². The monoisotopic (exact) mass is 367 g/mol. The van der Waals surface area contributed by atoms with Crippen LogP contribution in [-0.2, 0) is 4.79 Å². The van der Waals surface area contributed by atoms with E-state index in [9.17, 15) is 4.79 Å². The summed E-state index contributed by atoms with van der Waals surface area (Å²) in [5.74, 6) is 0.446. The van der Waals surface area contributed by atoms with Gasteiger partial charge in [0.05, 0.1) is 5.52 Å². The number of nitrogens with zero attached hydrogens (tertiary/aromatic N) is 1. The largest absolute Gasteiger partial charge is 1.00 e. The van der Waals surface area contributed by atoms with Crippen molar-refractivity contribution in [2.24, 2.45) is 0 Å². The van der Waals surface area contributed by atoms with Gasteiger partial charge < -0.3 is 16.0 Å². The van der Waals surface area contributed by atoms with Crippen molar-refractivity contribution in [2.75, 3.05) is 0 Å². The quantitative estimate of drug-likeness (QED) is 0.694. The number of rotatable bonds is 5. The van der Waals surface area contributed by atoms with Crippen molar-refractivity contribution in [1.82, 2.24) is 4.98 Å².